The molecule has 1 unspecified atom stereocenters. The summed E-state index contributed by atoms with van der Waals surface area (Å²) in [6.45, 7) is 0.719. The van der Waals surface area contributed by atoms with Crippen LogP contribution in [0.5, 0.6) is 0 Å². The van der Waals surface area contributed by atoms with Crippen molar-refractivity contribution in [3.05, 3.63) is 41.5 Å². The van der Waals surface area contributed by atoms with Crippen LogP contribution in [0.25, 0.3) is 0 Å². The summed E-state index contributed by atoms with van der Waals surface area (Å²) in [5.41, 5.74) is 2.46. The monoisotopic (exact) mass is 259 g/mol. The van der Waals surface area contributed by atoms with Gasteiger partial charge in [0.2, 0.25) is 5.89 Å². The van der Waals surface area contributed by atoms with E-state index in [0.717, 1.165) is 37.4 Å². The minimum atomic E-state index is 0.0982. The number of benzene rings is 1. The first-order chi connectivity index (χ1) is 9.36. The van der Waals surface area contributed by atoms with Crippen molar-refractivity contribution >= 4 is 5.69 Å². The molecule has 0 fully saturated rings. The maximum Gasteiger partial charge on any atom is 0.249 e. The lowest BCUT2D eigenvalue weighted by atomic mass is 10.1. The molecular formula is C14H17N3O2. The lowest BCUT2D eigenvalue weighted by molar-refractivity contribution is 0.194. The van der Waals surface area contributed by atoms with Crippen molar-refractivity contribution in [1.29, 1.82) is 0 Å². The number of ether oxygens (including phenoxy) is 1. The summed E-state index contributed by atoms with van der Waals surface area (Å²) in [6, 6.07) is 8.37. The SMILES string of the molecule is COCCCc1noc(C2Cc3ccccc3N2)n1. The molecule has 2 heterocycles. The molecular weight excluding hydrogens is 242 g/mol. The summed E-state index contributed by atoms with van der Waals surface area (Å²) >= 11 is 0. The van der Waals surface area contributed by atoms with Gasteiger partial charge in [-0.2, -0.15) is 4.98 Å². The molecule has 5 heteroatoms. The van der Waals surface area contributed by atoms with Crippen molar-refractivity contribution in [3.8, 4) is 0 Å². The zero-order chi connectivity index (χ0) is 13.1. The lowest BCUT2D eigenvalue weighted by Gasteiger charge is -2.04. The molecule has 0 bridgehead atoms. The van der Waals surface area contributed by atoms with Crippen LogP contribution in [0.15, 0.2) is 28.8 Å². The van der Waals surface area contributed by atoms with Gasteiger partial charge in [0, 0.05) is 32.2 Å². The van der Waals surface area contributed by atoms with Gasteiger partial charge in [-0.15, -0.1) is 0 Å². The fourth-order valence-electron chi connectivity index (χ4n) is 2.33. The molecule has 0 spiro atoms. The molecule has 1 aliphatic heterocycles. The van der Waals surface area contributed by atoms with E-state index in [1.807, 2.05) is 12.1 Å². The van der Waals surface area contributed by atoms with Gasteiger partial charge in [0.15, 0.2) is 5.82 Å². The number of nitrogens with one attached hydrogen (secondary N) is 1. The smallest absolute Gasteiger partial charge is 0.249 e. The molecule has 0 aliphatic carbocycles. The molecule has 2 aromatic rings. The topological polar surface area (TPSA) is 60.2 Å². The third-order valence-corrected chi connectivity index (χ3v) is 3.30. The normalized spacial score (nSPS) is 17.2. The Bertz CT molecular complexity index is 528. The van der Waals surface area contributed by atoms with Crippen molar-refractivity contribution in [2.45, 2.75) is 25.3 Å². The van der Waals surface area contributed by atoms with E-state index in [0.29, 0.717) is 5.89 Å². The Labute approximate surface area is 112 Å². The molecule has 5 nitrogen and oxygen atoms in total. The van der Waals surface area contributed by atoms with E-state index in [9.17, 15) is 0 Å². The number of anilines is 1. The summed E-state index contributed by atoms with van der Waals surface area (Å²) in [4.78, 5) is 4.45. The number of hydrogen-bond donors (Lipinski definition) is 1. The van der Waals surface area contributed by atoms with Crippen LogP contribution in [0.3, 0.4) is 0 Å². The molecule has 1 atom stereocenters. The third-order valence-electron chi connectivity index (χ3n) is 3.30. The number of rotatable bonds is 5. The standard InChI is InChI=1S/C14H17N3O2/c1-18-8-4-7-13-16-14(19-17-13)12-9-10-5-2-3-6-11(10)15-12/h2-3,5-6,12,15H,4,7-9H2,1H3. The summed E-state index contributed by atoms with van der Waals surface area (Å²) in [7, 11) is 1.70. The van der Waals surface area contributed by atoms with Crippen LogP contribution in [0, 0.1) is 0 Å². The average Bonchev–Trinajstić information content (AvgIpc) is 3.04. The second kappa shape index (κ2) is 5.40. The van der Waals surface area contributed by atoms with Gasteiger partial charge in [0.25, 0.3) is 0 Å². The number of para-hydroxylation sites is 1. The molecule has 1 aliphatic rings. The molecule has 0 saturated carbocycles. The molecule has 3 rings (SSSR count). The van der Waals surface area contributed by atoms with Crippen LogP contribution in [0.1, 0.15) is 29.7 Å². The van der Waals surface area contributed by atoms with E-state index in [1.165, 1.54) is 5.56 Å². The summed E-state index contributed by atoms with van der Waals surface area (Å²) in [5.74, 6) is 1.42. The zero-order valence-corrected chi connectivity index (χ0v) is 10.9. The average molecular weight is 259 g/mol. The second-order valence-corrected chi connectivity index (χ2v) is 4.70. The van der Waals surface area contributed by atoms with E-state index in [4.69, 9.17) is 9.26 Å². The van der Waals surface area contributed by atoms with Gasteiger partial charge in [-0.05, 0) is 18.1 Å². The number of aryl methyl sites for hydroxylation is 1. The van der Waals surface area contributed by atoms with E-state index in [1.54, 1.807) is 7.11 Å². The predicted octanol–water partition coefficient (Wildman–Crippen LogP) is 2.36. The van der Waals surface area contributed by atoms with E-state index < -0.39 is 0 Å². The molecule has 100 valence electrons. The van der Waals surface area contributed by atoms with Crippen LogP contribution < -0.4 is 5.32 Å². The van der Waals surface area contributed by atoms with Crippen molar-refractivity contribution in [1.82, 2.24) is 10.1 Å². The van der Waals surface area contributed by atoms with Crippen molar-refractivity contribution in [2.24, 2.45) is 0 Å². The Morgan fingerprint density at radius 3 is 3.16 bits per heavy atom. The molecule has 0 saturated heterocycles. The van der Waals surface area contributed by atoms with Gasteiger partial charge >= 0.3 is 0 Å². The Morgan fingerprint density at radius 2 is 2.32 bits per heavy atom. The first-order valence-corrected chi connectivity index (χ1v) is 6.52. The van der Waals surface area contributed by atoms with Crippen LogP contribution in [0.2, 0.25) is 0 Å². The van der Waals surface area contributed by atoms with Crippen LogP contribution in [-0.4, -0.2) is 23.9 Å². The van der Waals surface area contributed by atoms with Crippen LogP contribution >= 0.6 is 0 Å². The fourth-order valence-corrected chi connectivity index (χ4v) is 2.33. The van der Waals surface area contributed by atoms with E-state index in [2.05, 4.69) is 27.6 Å². The van der Waals surface area contributed by atoms with Crippen molar-refractivity contribution < 1.29 is 9.26 Å². The summed E-state index contributed by atoms with van der Waals surface area (Å²) in [5, 5.41) is 7.42. The highest BCUT2D eigenvalue weighted by molar-refractivity contribution is 5.56. The highest BCUT2D eigenvalue weighted by Crippen LogP contribution is 2.32. The molecule has 0 radical (unpaired) electrons. The molecule has 19 heavy (non-hydrogen) atoms. The number of fused-ring (bicyclic) bond motifs is 1. The number of aromatic nitrogens is 2. The molecule has 1 N–H and O–H groups in total. The van der Waals surface area contributed by atoms with E-state index >= 15 is 0 Å². The Hall–Kier alpha value is -1.88. The van der Waals surface area contributed by atoms with Gasteiger partial charge in [0.1, 0.15) is 6.04 Å². The minimum absolute atomic E-state index is 0.0982. The number of hydrogen-bond acceptors (Lipinski definition) is 5. The fraction of sp³-hybridized carbons (Fsp3) is 0.429. The first-order valence-electron chi connectivity index (χ1n) is 6.52. The van der Waals surface area contributed by atoms with Crippen LogP contribution in [0.4, 0.5) is 5.69 Å². The molecule has 0 amide bonds. The van der Waals surface area contributed by atoms with Crippen molar-refractivity contribution in [2.75, 3.05) is 19.0 Å². The van der Waals surface area contributed by atoms with Gasteiger partial charge < -0.3 is 14.6 Å². The molecule has 1 aromatic heterocycles. The maximum atomic E-state index is 5.35. The lowest BCUT2D eigenvalue weighted by Crippen LogP contribution is -2.06. The Balaban J connectivity index is 1.65. The minimum Gasteiger partial charge on any atom is -0.385 e. The zero-order valence-electron chi connectivity index (χ0n) is 10.9. The third kappa shape index (κ3) is 2.61. The molecule has 1 aromatic carbocycles. The summed E-state index contributed by atoms with van der Waals surface area (Å²) < 4.78 is 10.4. The quantitative estimate of drug-likeness (QED) is 0.835. The van der Waals surface area contributed by atoms with Crippen LogP contribution in [-0.2, 0) is 17.6 Å². The van der Waals surface area contributed by atoms with Gasteiger partial charge in [-0.1, -0.05) is 23.4 Å². The Morgan fingerprint density at radius 1 is 1.42 bits per heavy atom. The predicted molar refractivity (Wildman–Crippen MR) is 71.0 cm³/mol. The number of methoxy groups -OCH3 is 1. The van der Waals surface area contributed by atoms with E-state index in [-0.39, 0.29) is 6.04 Å². The Kier molecular flexibility index (Phi) is 3.46. The van der Waals surface area contributed by atoms with Gasteiger partial charge in [-0.25, -0.2) is 0 Å². The van der Waals surface area contributed by atoms with Crippen molar-refractivity contribution in [3.63, 3.8) is 0 Å². The van der Waals surface area contributed by atoms with Gasteiger partial charge in [-0.3, -0.25) is 0 Å². The highest BCUT2D eigenvalue weighted by atomic mass is 16.5. The number of nitrogens with zero attached hydrogens (tertiary/aromatic N) is 2. The van der Waals surface area contributed by atoms with Gasteiger partial charge in [0.05, 0.1) is 0 Å². The maximum absolute atomic E-state index is 5.35. The summed E-state index contributed by atoms with van der Waals surface area (Å²) in [6.07, 6.45) is 2.60. The largest absolute Gasteiger partial charge is 0.385 e. The first kappa shape index (κ1) is 12.2. The second-order valence-electron chi connectivity index (χ2n) is 4.70. The highest BCUT2D eigenvalue weighted by Gasteiger charge is 2.26.